The Morgan fingerprint density at radius 1 is 1.06 bits per heavy atom. The fraction of sp³-hybridized carbons (Fsp3) is 0.444. The van der Waals surface area contributed by atoms with Crippen LogP contribution in [0.1, 0.15) is 73.2 Å². The van der Waals surface area contributed by atoms with Crippen LogP contribution in [0.2, 0.25) is 0 Å². The number of nitrogens with zero attached hydrogens (tertiary/aromatic N) is 1. The van der Waals surface area contributed by atoms with E-state index >= 15 is 0 Å². The van der Waals surface area contributed by atoms with E-state index in [2.05, 4.69) is 39.5 Å². The van der Waals surface area contributed by atoms with Crippen molar-refractivity contribution in [2.75, 3.05) is 13.1 Å². The highest BCUT2D eigenvalue weighted by Crippen LogP contribution is 2.38. The van der Waals surface area contributed by atoms with Gasteiger partial charge in [0.1, 0.15) is 0 Å². The number of piperidine rings is 1. The Kier molecular flexibility index (Phi) is 6.59. The highest BCUT2D eigenvalue weighted by molar-refractivity contribution is 6.05. The zero-order valence-corrected chi connectivity index (χ0v) is 20.5. The Labute approximate surface area is 202 Å². The van der Waals surface area contributed by atoms with Crippen molar-refractivity contribution in [3.8, 4) is 11.3 Å². The summed E-state index contributed by atoms with van der Waals surface area (Å²) in [5.74, 6) is -0.0451. The first-order valence-electron chi connectivity index (χ1n) is 11.8. The average Bonchev–Trinajstić information content (AvgIpc) is 3.36. The molecule has 1 unspecified atom stereocenters. The monoisotopic (exact) mass is 467 g/mol. The summed E-state index contributed by atoms with van der Waals surface area (Å²) < 4.78 is 0. The number of H-pyrrole nitrogens is 1. The van der Waals surface area contributed by atoms with Crippen molar-refractivity contribution in [2.45, 2.75) is 59.2 Å². The molecule has 1 aromatic heterocycles. The van der Waals surface area contributed by atoms with Gasteiger partial charge in [-0.3, -0.25) is 9.69 Å². The van der Waals surface area contributed by atoms with Gasteiger partial charge in [-0.1, -0.05) is 39.3 Å². The van der Waals surface area contributed by atoms with Gasteiger partial charge in [-0.15, -0.1) is 12.4 Å². The lowest BCUT2D eigenvalue weighted by molar-refractivity contribution is 0.0626. The topological polar surface area (TPSA) is 68.4 Å². The highest BCUT2D eigenvalue weighted by Gasteiger charge is 2.30. The largest absolute Gasteiger partial charge is 0.388 e. The van der Waals surface area contributed by atoms with Gasteiger partial charge in [0.2, 0.25) is 0 Å². The number of nitrogens with one attached hydrogen (secondary N) is 2. The predicted octanol–water partition coefficient (Wildman–Crippen LogP) is 5.57. The van der Waals surface area contributed by atoms with E-state index in [0.29, 0.717) is 6.54 Å². The van der Waals surface area contributed by atoms with E-state index in [-0.39, 0.29) is 23.7 Å². The number of fused-ring (bicyclic) bond motifs is 2. The van der Waals surface area contributed by atoms with Crippen LogP contribution in [0, 0.1) is 5.41 Å². The van der Waals surface area contributed by atoms with E-state index < -0.39 is 6.10 Å². The van der Waals surface area contributed by atoms with Crippen molar-refractivity contribution < 1.29 is 9.90 Å². The van der Waals surface area contributed by atoms with Gasteiger partial charge >= 0.3 is 0 Å². The van der Waals surface area contributed by atoms with Crippen molar-refractivity contribution in [1.29, 1.82) is 0 Å². The first kappa shape index (κ1) is 23.8. The van der Waals surface area contributed by atoms with Crippen molar-refractivity contribution >= 4 is 29.2 Å². The predicted molar refractivity (Wildman–Crippen MR) is 136 cm³/mol. The molecule has 0 aliphatic carbocycles. The van der Waals surface area contributed by atoms with Crippen LogP contribution in [0.3, 0.4) is 0 Å². The molecule has 3 aromatic rings. The van der Waals surface area contributed by atoms with Crippen molar-refractivity contribution in [3.63, 3.8) is 0 Å². The van der Waals surface area contributed by atoms with Gasteiger partial charge in [-0.05, 0) is 72.3 Å². The van der Waals surface area contributed by atoms with E-state index in [9.17, 15) is 9.90 Å². The summed E-state index contributed by atoms with van der Waals surface area (Å²) in [6.45, 7) is 9.94. The quantitative estimate of drug-likeness (QED) is 0.470. The number of aromatic amines is 1. The van der Waals surface area contributed by atoms with E-state index in [1.807, 2.05) is 32.9 Å². The number of hydrogen-bond acceptors (Lipinski definition) is 3. The number of likely N-dealkylation sites (tertiary alicyclic amines) is 1. The standard InChI is InChI=1S/C27H33N3O2.ClH/c1-27(2,3)25(31)19-12-20-15-28-26(32)24(20)21(13-19)23-14-18-11-17(7-8-22(18)29-23)16-30-9-5-4-6-10-30;/h7-8,11-14,25,29,31H,4-6,9-10,15-16H2,1-3H3,(H,28,32);1H. The fourth-order valence-corrected chi connectivity index (χ4v) is 5.07. The molecule has 1 amide bonds. The van der Waals surface area contributed by atoms with Crippen molar-refractivity contribution in [2.24, 2.45) is 5.41 Å². The molecule has 3 heterocycles. The van der Waals surface area contributed by atoms with Gasteiger partial charge in [-0.25, -0.2) is 0 Å². The molecule has 1 atom stereocenters. The molecule has 0 radical (unpaired) electrons. The maximum absolute atomic E-state index is 12.6. The maximum Gasteiger partial charge on any atom is 0.252 e. The second kappa shape index (κ2) is 9.13. The smallest absolute Gasteiger partial charge is 0.252 e. The first-order valence-corrected chi connectivity index (χ1v) is 11.8. The van der Waals surface area contributed by atoms with Crippen LogP contribution >= 0.6 is 12.4 Å². The van der Waals surface area contributed by atoms with Crippen LogP contribution in [0.5, 0.6) is 0 Å². The molecule has 0 bridgehead atoms. The van der Waals surface area contributed by atoms with Crippen LogP contribution in [0.15, 0.2) is 36.4 Å². The molecular formula is C27H34ClN3O2. The summed E-state index contributed by atoms with van der Waals surface area (Å²) in [6.07, 6.45) is 3.32. The molecule has 2 aliphatic rings. The number of benzene rings is 2. The molecule has 6 heteroatoms. The molecule has 1 fully saturated rings. The van der Waals surface area contributed by atoms with Crippen molar-refractivity contribution in [3.05, 3.63) is 58.7 Å². The SMILES string of the molecule is CC(C)(C)C(O)c1cc2c(c(-c3cc4cc(CN5CCCCC5)ccc4[nH]3)c1)C(=O)NC2.Cl. The van der Waals surface area contributed by atoms with Gasteiger partial charge in [0.25, 0.3) is 5.91 Å². The Morgan fingerprint density at radius 2 is 1.82 bits per heavy atom. The van der Waals surface area contributed by atoms with E-state index in [1.54, 1.807) is 0 Å². The fourth-order valence-electron chi connectivity index (χ4n) is 5.07. The lowest BCUT2D eigenvalue weighted by Gasteiger charge is -2.27. The summed E-state index contributed by atoms with van der Waals surface area (Å²) >= 11 is 0. The van der Waals surface area contributed by atoms with Crippen LogP contribution < -0.4 is 5.32 Å². The summed E-state index contributed by atoms with van der Waals surface area (Å²) in [6, 6.07) is 12.7. The van der Waals surface area contributed by atoms with Gasteiger partial charge < -0.3 is 15.4 Å². The normalized spacial score (nSPS) is 17.5. The minimum Gasteiger partial charge on any atom is -0.388 e. The highest BCUT2D eigenvalue weighted by atomic mass is 35.5. The van der Waals surface area contributed by atoms with Crippen LogP contribution in [-0.2, 0) is 13.1 Å². The van der Waals surface area contributed by atoms with Gasteiger partial charge in [0, 0.05) is 35.2 Å². The summed E-state index contributed by atoms with van der Waals surface area (Å²) in [7, 11) is 0. The number of halogens is 1. The first-order chi connectivity index (χ1) is 15.3. The molecule has 0 saturated carbocycles. The van der Waals surface area contributed by atoms with Gasteiger partial charge in [0.05, 0.1) is 11.7 Å². The average molecular weight is 468 g/mol. The molecule has 2 aliphatic heterocycles. The number of aliphatic hydroxyl groups is 1. The van der Waals surface area contributed by atoms with E-state index in [4.69, 9.17) is 0 Å². The zero-order valence-electron chi connectivity index (χ0n) is 19.7. The minimum absolute atomic E-state index is 0. The number of carbonyl (C=O) groups excluding carboxylic acids is 1. The molecule has 5 rings (SSSR count). The van der Waals surface area contributed by atoms with E-state index in [1.165, 1.54) is 37.9 Å². The third-order valence-electron chi connectivity index (χ3n) is 6.88. The number of amides is 1. The summed E-state index contributed by atoms with van der Waals surface area (Å²) in [4.78, 5) is 18.7. The molecule has 3 N–H and O–H groups in total. The summed E-state index contributed by atoms with van der Waals surface area (Å²) in [5.41, 5.74) is 6.42. The molecule has 5 nitrogen and oxygen atoms in total. The minimum atomic E-state index is -0.609. The van der Waals surface area contributed by atoms with Gasteiger partial charge in [-0.2, -0.15) is 0 Å². The van der Waals surface area contributed by atoms with Gasteiger partial charge in [0.15, 0.2) is 0 Å². The third-order valence-corrected chi connectivity index (χ3v) is 6.88. The molecule has 1 saturated heterocycles. The molecule has 2 aromatic carbocycles. The zero-order chi connectivity index (χ0) is 22.5. The number of hydrogen-bond donors (Lipinski definition) is 3. The number of rotatable bonds is 4. The Morgan fingerprint density at radius 3 is 2.55 bits per heavy atom. The molecule has 0 spiro atoms. The Hall–Kier alpha value is -2.34. The second-order valence-electron chi connectivity index (χ2n) is 10.5. The lowest BCUT2D eigenvalue weighted by Crippen LogP contribution is -2.28. The Balaban J connectivity index is 0.00000259. The Bertz CT molecular complexity index is 1170. The second-order valence-corrected chi connectivity index (χ2v) is 10.5. The number of carbonyl (C=O) groups is 1. The van der Waals surface area contributed by atoms with E-state index in [0.717, 1.165) is 45.4 Å². The molecular weight excluding hydrogens is 434 g/mol. The van der Waals surface area contributed by atoms with Crippen LogP contribution in [0.25, 0.3) is 22.2 Å². The van der Waals surface area contributed by atoms with Crippen LogP contribution in [-0.4, -0.2) is 34.0 Å². The number of aliphatic hydroxyl groups excluding tert-OH is 1. The lowest BCUT2D eigenvalue weighted by atomic mass is 9.83. The summed E-state index contributed by atoms with van der Waals surface area (Å²) in [5, 5.41) is 15.0. The maximum atomic E-state index is 12.6. The molecule has 33 heavy (non-hydrogen) atoms. The van der Waals surface area contributed by atoms with Crippen molar-refractivity contribution in [1.82, 2.24) is 15.2 Å². The third kappa shape index (κ3) is 4.68. The molecule has 176 valence electrons. The van der Waals surface area contributed by atoms with Crippen LogP contribution in [0.4, 0.5) is 0 Å². The number of aromatic nitrogens is 1.